The number of rotatable bonds is 4. The second kappa shape index (κ2) is 8.06. The lowest BCUT2D eigenvalue weighted by Gasteiger charge is -2.13. The summed E-state index contributed by atoms with van der Waals surface area (Å²) in [6.07, 6.45) is 4.11. The van der Waals surface area contributed by atoms with Crippen LogP contribution in [-0.2, 0) is 6.42 Å². The van der Waals surface area contributed by atoms with Gasteiger partial charge in [-0.3, -0.25) is 9.56 Å². The lowest BCUT2D eigenvalue weighted by molar-refractivity contribution is 0.635. The summed E-state index contributed by atoms with van der Waals surface area (Å²) in [7, 11) is 0. The highest BCUT2D eigenvalue weighted by Gasteiger charge is 2.31. The zero-order valence-corrected chi connectivity index (χ0v) is 19.8. The van der Waals surface area contributed by atoms with Gasteiger partial charge in [-0.15, -0.1) is 21.5 Å². The Morgan fingerprint density at radius 3 is 2.41 bits per heavy atom. The summed E-state index contributed by atoms with van der Waals surface area (Å²) in [5.74, 6) is 2.95. The Kier molecular flexibility index (Phi) is 5.21. The Bertz CT molecular complexity index is 1300. The summed E-state index contributed by atoms with van der Waals surface area (Å²) in [5.41, 5.74) is 5.87. The second-order valence-electron chi connectivity index (χ2n) is 8.54. The van der Waals surface area contributed by atoms with Crippen molar-refractivity contribution in [2.45, 2.75) is 53.0 Å². The highest BCUT2D eigenvalue weighted by atomic mass is 32.1. The van der Waals surface area contributed by atoms with Gasteiger partial charge in [0.05, 0.1) is 5.71 Å². The highest BCUT2D eigenvalue weighted by molar-refractivity contribution is 7.15. The molecule has 1 aliphatic heterocycles. The monoisotopic (exact) mass is 442 g/mol. The summed E-state index contributed by atoms with van der Waals surface area (Å²) in [6.45, 7) is 10.8. The van der Waals surface area contributed by atoms with Crippen molar-refractivity contribution in [3.05, 3.63) is 87.3 Å². The van der Waals surface area contributed by atoms with Crippen molar-refractivity contribution in [1.29, 1.82) is 0 Å². The van der Waals surface area contributed by atoms with E-state index >= 15 is 0 Å². The first-order valence-corrected chi connectivity index (χ1v) is 11.7. The molecule has 162 valence electrons. The number of aryl methyl sites for hydroxylation is 2. The lowest BCUT2D eigenvalue weighted by atomic mass is 9.96. The molecule has 5 rings (SSSR count). The fourth-order valence-electron chi connectivity index (χ4n) is 4.16. The van der Waals surface area contributed by atoms with Gasteiger partial charge in [0.15, 0.2) is 5.82 Å². The Labute approximate surface area is 192 Å². The van der Waals surface area contributed by atoms with Crippen molar-refractivity contribution >= 4 is 17.0 Å². The molecule has 1 aliphatic rings. The summed E-state index contributed by atoms with van der Waals surface area (Å²) < 4.78 is 2.17. The molecule has 0 radical (unpaired) electrons. The minimum absolute atomic E-state index is 0.224. The predicted molar refractivity (Wildman–Crippen MR) is 128 cm³/mol. The van der Waals surface area contributed by atoms with Gasteiger partial charge in [0.1, 0.15) is 22.7 Å². The first-order chi connectivity index (χ1) is 15.4. The van der Waals surface area contributed by atoms with Crippen molar-refractivity contribution in [3.63, 3.8) is 0 Å². The summed E-state index contributed by atoms with van der Waals surface area (Å²) >= 11 is 1.78. The number of aliphatic imine (C=N–C) groups is 1. The third-order valence-corrected chi connectivity index (χ3v) is 7.28. The van der Waals surface area contributed by atoms with Crippen LogP contribution in [0.3, 0.4) is 0 Å². The van der Waals surface area contributed by atoms with E-state index in [1.54, 1.807) is 23.7 Å². The fourth-order valence-corrected chi connectivity index (χ4v) is 5.37. The van der Waals surface area contributed by atoms with Crippen LogP contribution in [0.25, 0.3) is 5.00 Å². The zero-order valence-electron chi connectivity index (χ0n) is 19.0. The molecule has 0 amide bonds. The number of benzene rings is 1. The van der Waals surface area contributed by atoms with Crippen LogP contribution in [0.1, 0.15) is 70.4 Å². The fraction of sp³-hybridized carbons (Fsp3) is 0.320. The lowest BCUT2D eigenvalue weighted by Crippen LogP contribution is -2.10. The molecule has 0 spiro atoms. The first kappa shape index (κ1) is 20.7. The van der Waals surface area contributed by atoms with Gasteiger partial charge < -0.3 is 0 Å². The molecule has 1 atom stereocenters. The van der Waals surface area contributed by atoms with Crippen LogP contribution in [0.4, 0.5) is 0 Å². The molecule has 3 aromatic heterocycles. The third kappa shape index (κ3) is 3.46. The van der Waals surface area contributed by atoms with Gasteiger partial charge in [-0.2, -0.15) is 0 Å². The molecule has 0 N–H and O–H groups in total. The number of hydrogen-bond donors (Lipinski definition) is 0. The van der Waals surface area contributed by atoms with E-state index in [4.69, 9.17) is 4.99 Å². The van der Waals surface area contributed by atoms with Crippen molar-refractivity contribution in [3.8, 4) is 5.00 Å². The van der Waals surface area contributed by atoms with Gasteiger partial charge in [-0.05, 0) is 43.9 Å². The molecule has 32 heavy (non-hydrogen) atoms. The quantitative estimate of drug-likeness (QED) is 0.430. The van der Waals surface area contributed by atoms with E-state index in [0.29, 0.717) is 12.3 Å². The Balaban J connectivity index is 1.73. The van der Waals surface area contributed by atoms with E-state index in [9.17, 15) is 0 Å². The van der Waals surface area contributed by atoms with Gasteiger partial charge >= 0.3 is 0 Å². The highest BCUT2D eigenvalue weighted by Crippen LogP contribution is 2.39. The summed E-state index contributed by atoms with van der Waals surface area (Å²) in [4.78, 5) is 15.5. The maximum absolute atomic E-state index is 5.31. The van der Waals surface area contributed by atoms with Crippen LogP contribution in [0, 0.1) is 20.8 Å². The minimum atomic E-state index is -0.224. The van der Waals surface area contributed by atoms with E-state index in [2.05, 4.69) is 76.7 Å². The van der Waals surface area contributed by atoms with Crippen molar-refractivity contribution < 1.29 is 0 Å². The Morgan fingerprint density at radius 2 is 1.72 bits per heavy atom. The normalized spacial score (nSPS) is 15.3. The molecular formula is C25H26N6S. The molecule has 0 aliphatic carbocycles. The van der Waals surface area contributed by atoms with E-state index in [1.807, 2.05) is 13.0 Å². The molecule has 0 saturated carbocycles. The molecule has 1 aromatic carbocycles. The number of nitrogens with zero attached hydrogens (tertiary/aromatic N) is 6. The van der Waals surface area contributed by atoms with Crippen LogP contribution >= 0.6 is 11.3 Å². The first-order valence-electron chi connectivity index (χ1n) is 10.9. The third-order valence-electron chi connectivity index (χ3n) is 6.09. The van der Waals surface area contributed by atoms with Gasteiger partial charge in [0.25, 0.3) is 0 Å². The van der Waals surface area contributed by atoms with Crippen LogP contribution < -0.4 is 0 Å². The Hall–Kier alpha value is -3.19. The van der Waals surface area contributed by atoms with E-state index in [0.717, 1.165) is 33.7 Å². The zero-order chi connectivity index (χ0) is 22.4. The van der Waals surface area contributed by atoms with E-state index in [-0.39, 0.29) is 6.04 Å². The van der Waals surface area contributed by atoms with Gasteiger partial charge in [-0.25, -0.2) is 9.97 Å². The maximum atomic E-state index is 5.31. The molecule has 0 fully saturated rings. The van der Waals surface area contributed by atoms with Crippen LogP contribution in [-0.4, -0.2) is 30.4 Å². The summed E-state index contributed by atoms with van der Waals surface area (Å²) in [6, 6.07) is 10.4. The molecule has 4 heterocycles. The van der Waals surface area contributed by atoms with Crippen molar-refractivity contribution in [1.82, 2.24) is 24.7 Å². The van der Waals surface area contributed by atoms with Crippen LogP contribution in [0.2, 0.25) is 0 Å². The minimum Gasteiger partial charge on any atom is -0.272 e. The van der Waals surface area contributed by atoms with Crippen LogP contribution in [0.5, 0.6) is 0 Å². The summed E-state index contributed by atoms with van der Waals surface area (Å²) in [5, 5.41) is 10.1. The van der Waals surface area contributed by atoms with E-state index < -0.39 is 0 Å². The SMILES string of the molecule is Cc1sc2c(c1C)C(c1ccc(C(C)C)cc1)=N[C@@H](Cc1ncccn1)c1nnc(C)n1-2. The molecule has 0 saturated heterocycles. The number of thiophene rings is 1. The van der Waals surface area contributed by atoms with Crippen molar-refractivity contribution in [2.75, 3.05) is 0 Å². The molecule has 0 unspecified atom stereocenters. The predicted octanol–water partition coefficient (Wildman–Crippen LogP) is 5.30. The second-order valence-corrected chi connectivity index (χ2v) is 9.75. The number of hydrogen-bond acceptors (Lipinski definition) is 6. The number of aromatic nitrogens is 5. The van der Waals surface area contributed by atoms with Gasteiger partial charge in [-0.1, -0.05) is 38.1 Å². The molecule has 0 bridgehead atoms. The molecule has 6 nitrogen and oxygen atoms in total. The molecular weight excluding hydrogens is 416 g/mol. The number of fused-ring (bicyclic) bond motifs is 3. The van der Waals surface area contributed by atoms with E-state index in [1.165, 1.54) is 21.6 Å². The largest absolute Gasteiger partial charge is 0.272 e. The Morgan fingerprint density at radius 1 is 1.00 bits per heavy atom. The van der Waals surface area contributed by atoms with Crippen molar-refractivity contribution in [2.24, 2.45) is 4.99 Å². The van der Waals surface area contributed by atoms with Crippen LogP contribution in [0.15, 0.2) is 47.7 Å². The average Bonchev–Trinajstić information content (AvgIpc) is 3.27. The molecule has 7 heteroatoms. The average molecular weight is 443 g/mol. The van der Waals surface area contributed by atoms with Gasteiger partial charge in [0.2, 0.25) is 0 Å². The molecule has 4 aromatic rings. The topological polar surface area (TPSA) is 68.8 Å². The smallest absolute Gasteiger partial charge is 0.163 e. The standard InChI is InChI=1S/C25H26N6S/c1-14(2)18-7-9-19(10-8-18)23-22-15(3)16(4)32-25(22)31-17(5)29-30-24(31)20(28-23)13-21-26-11-6-12-27-21/h6-12,14,20H,13H2,1-5H3/t20-/m0/s1. The maximum Gasteiger partial charge on any atom is 0.163 e. The van der Waals surface area contributed by atoms with Gasteiger partial charge in [0, 0.05) is 34.8 Å².